The molecule has 1 N–H and O–H groups in total. The smallest absolute Gasteiger partial charge is 0.232 e. The summed E-state index contributed by atoms with van der Waals surface area (Å²) in [5.41, 5.74) is 2.70. The van der Waals surface area contributed by atoms with Gasteiger partial charge in [0, 0.05) is 6.54 Å². The third-order valence-corrected chi connectivity index (χ3v) is 5.21. The fourth-order valence-electron chi connectivity index (χ4n) is 2.55. The molecule has 0 spiro atoms. The molecule has 128 valence electrons. The van der Waals surface area contributed by atoms with Crippen molar-refractivity contribution < 1.29 is 4.79 Å². The average molecular weight is 342 g/mol. The van der Waals surface area contributed by atoms with Crippen LogP contribution in [0.2, 0.25) is 0 Å². The van der Waals surface area contributed by atoms with E-state index in [9.17, 15) is 4.79 Å². The summed E-state index contributed by atoms with van der Waals surface area (Å²) in [6.07, 6.45) is 4.19. The van der Waals surface area contributed by atoms with Crippen LogP contribution >= 0.6 is 11.8 Å². The summed E-state index contributed by atoms with van der Waals surface area (Å²) >= 11 is 1.75. The van der Waals surface area contributed by atoms with Crippen LogP contribution in [-0.4, -0.2) is 23.5 Å². The maximum atomic E-state index is 12.1. The number of aryl methyl sites for hydroxylation is 2. The van der Waals surface area contributed by atoms with E-state index in [1.165, 1.54) is 11.1 Å². The van der Waals surface area contributed by atoms with E-state index in [0.717, 1.165) is 38.0 Å². The van der Waals surface area contributed by atoms with Gasteiger partial charge in [-0.3, -0.25) is 4.79 Å². The van der Waals surface area contributed by atoms with Crippen molar-refractivity contribution in [1.82, 2.24) is 5.32 Å². The van der Waals surface area contributed by atoms with Crippen LogP contribution in [0.25, 0.3) is 0 Å². The zero-order chi connectivity index (χ0) is 17.0. The molecular formula is C21H27NOS. The van der Waals surface area contributed by atoms with E-state index in [1.54, 1.807) is 11.8 Å². The Morgan fingerprint density at radius 3 is 2.04 bits per heavy atom. The van der Waals surface area contributed by atoms with Gasteiger partial charge in [0.05, 0.1) is 5.25 Å². The Hall–Kier alpha value is -1.74. The van der Waals surface area contributed by atoms with E-state index in [-0.39, 0.29) is 11.2 Å². The van der Waals surface area contributed by atoms with Crippen molar-refractivity contribution in [3.63, 3.8) is 0 Å². The van der Waals surface area contributed by atoms with E-state index in [2.05, 4.69) is 53.8 Å². The summed E-state index contributed by atoms with van der Waals surface area (Å²) in [7, 11) is 0. The van der Waals surface area contributed by atoms with Crippen molar-refractivity contribution in [1.29, 1.82) is 0 Å². The first kappa shape index (κ1) is 18.6. The summed E-state index contributed by atoms with van der Waals surface area (Å²) in [6, 6.07) is 20.9. The molecule has 3 heteroatoms. The van der Waals surface area contributed by atoms with Crippen molar-refractivity contribution in [2.24, 2.45) is 0 Å². The Kier molecular flexibility index (Phi) is 8.47. The molecule has 2 aromatic carbocycles. The van der Waals surface area contributed by atoms with Gasteiger partial charge in [-0.05, 0) is 49.5 Å². The van der Waals surface area contributed by atoms with E-state index >= 15 is 0 Å². The van der Waals surface area contributed by atoms with Crippen molar-refractivity contribution in [2.75, 3.05) is 12.3 Å². The number of hydrogen-bond donors (Lipinski definition) is 1. The quantitative estimate of drug-likeness (QED) is 0.645. The monoisotopic (exact) mass is 341 g/mol. The highest BCUT2D eigenvalue weighted by molar-refractivity contribution is 8.00. The SMILES string of the molecule is CC(SCCCc1ccccc1)C(=O)NCCCc1ccccc1. The van der Waals surface area contributed by atoms with Gasteiger partial charge >= 0.3 is 0 Å². The van der Waals surface area contributed by atoms with Gasteiger partial charge in [-0.15, -0.1) is 11.8 Å². The van der Waals surface area contributed by atoms with E-state index < -0.39 is 0 Å². The normalized spacial score (nSPS) is 11.9. The second kappa shape index (κ2) is 10.9. The van der Waals surface area contributed by atoms with Crippen LogP contribution < -0.4 is 5.32 Å². The zero-order valence-electron chi connectivity index (χ0n) is 14.4. The molecule has 0 radical (unpaired) electrons. The Morgan fingerprint density at radius 1 is 0.917 bits per heavy atom. The van der Waals surface area contributed by atoms with Crippen molar-refractivity contribution >= 4 is 17.7 Å². The van der Waals surface area contributed by atoms with Gasteiger partial charge in [0.2, 0.25) is 5.91 Å². The highest BCUT2D eigenvalue weighted by Crippen LogP contribution is 2.14. The number of nitrogens with one attached hydrogen (secondary N) is 1. The number of hydrogen-bond acceptors (Lipinski definition) is 2. The lowest BCUT2D eigenvalue weighted by molar-refractivity contribution is -0.120. The molecule has 0 saturated heterocycles. The van der Waals surface area contributed by atoms with Crippen LogP contribution in [0.15, 0.2) is 60.7 Å². The number of benzene rings is 2. The topological polar surface area (TPSA) is 29.1 Å². The van der Waals surface area contributed by atoms with Crippen molar-refractivity contribution in [3.05, 3.63) is 71.8 Å². The number of rotatable bonds is 10. The summed E-state index contributed by atoms with van der Waals surface area (Å²) in [5, 5.41) is 3.08. The third kappa shape index (κ3) is 7.22. The first-order valence-electron chi connectivity index (χ1n) is 8.73. The van der Waals surface area contributed by atoms with Gasteiger partial charge in [0.1, 0.15) is 0 Å². The maximum absolute atomic E-state index is 12.1. The number of carbonyl (C=O) groups excluding carboxylic acids is 1. The largest absolute Gasteiger partial charge is 0.355 e. The molecule has 1 atom stereocenters. The maximum Gasteiger partial charge on any atom is 0.232 e. The average Bonchev–Trinajstić information content (AvgIpc) is 2.63. The fourth-order valence-corrected chi connectivity index (χ4v) is 3.45. The molecule has 0 aliphatic heterocycles. The van der Waals surface area contributed by atoms with Crippen molar-refractivity contribution in [2.45, 2.75) is 37.9 Å². The molecule has 0 heterocycles. The molecule has 0 aliphatic rings. The summed E-state index contributed by atoms with van der Waals surface area (Å²) in [5.74, 6) is 1.18. The first-order chi connectivity index (χ1) is 11.8. The van der Waals surface area contributed by atoms with Gasteiger partial charge in [0.25, 0.3) is 0 Å². The molecule has 0 aliphatic carbocycles. The summed E-state index contributed by atoms with van der Waals surface area (Å²) in [4.78, 5) is 12.1. The van der Waals surface area contributed by atoms with Crippen molar-refractivity contribution in [3.8, 4) is 0 Å². The van der Waals surface area contributed by atoms with E-state index in [0.29, 0.717) is 0 Å². The minimum atomic E-state index is 0.0255. The molecule has 2 nitrogen and oxygen atoms in total. The molecular weight excluding hydrogens is 314 g/mol. The molecule has 0 bridgehead atoms. The van der Waals surface area contributed by atoms with Crippen LogP contribution in [-0.2, 0) is 17.6 Å². The van der Waals surface area contributed by atoms with Gasteiger partial charge in [0.15, 0.2) is 0 Å². The lowest BCUT2D eigenvalue weighted by Gasteiger charge is -2.12. The van der Waals surface area contributed by atoms with Crippen LogP contribution in [0, 0.1) is 0 Å². The highest BCUT2D eigenvalue weighted by Gasteiger charge is 2.12. The zero-order valence-corrected chi connectivity index (χ0v) is 15.2. The number of carbonyl (C=O) groups is 1. The predicted molar refractivity (Wildman–Crippen MR) is 104 cm³/mol. The molecule has 1 unspecified atom stereocenters. The van der Waals surface area contributed by atoms with Gasteiger partial charge in [-0.2, -0.15) is 0 Å². The number of amides is 1. The molecule has 24 heavy (non-hydrogen) atoms. The molecule has 0 aromatic heterocycles. The molecule has 0 fully saturated rings. The standard InChI is InChI=1S/C21H27NOS/c1-18(24-17-9-15-20-12-6-3-7-13-20)21(23)22-16-8-14-19-10-4-2-5-11-19/h2-7,10-13,18H,8-9,14-17H2,1H3,(H,22,23). The van der Waals surface area contributed by atoms with Crippen LogP contribution in [0.5, 0.6) is 0 Å². The molecule has 2 aromatic rings. The second-order valence-electron chi connectivity index (χ2n) is 5.98. The van der Waals surface area contributed by atoms with Gasteiger partial charge in [-0.25, -0.2) is 0 Å². The highest BCUT2D eigenvalue weighted by atomic mass is 32.2. The summed E-state index contributed by atoms with van der Waals surface area (Å²) < 4.78 is 0. The third-order valence-electron chi connectivity index (χ3n) is 3.97. The second-order valence-corrected chi connectivity index (χ2v) is 7.43. The lowest BCUT2D eigenvalue weighted by atomic mass is 10.1. The Morgan fingerprint density at radius 2 is 1.46 bits per heavy atom. The minimum Gasteiger partial charge on any atom is -0.355 e. The molecule has 2 rings (SSSR count). The number of thioether (sulfide) groups is 1. The van der Waals surface area contributed by atoms with Crippen LogP contribution in [0.4, 0.5) is 0 Å². The van der Waals surface area contributed by atoms with Gasteiger partial charge in [-0.1, -0.05) is 60.7 Å². The molecule has 0 saturated carbocycles. The predicted octanol–water partition coefficient (Wildman–Crippen LogP) is 4.49. The van der Waals surface area contributed by atoms with Crippen LogP contribution in [0.3, 0.4) is 0 Å². The Labute approximate surface area is 150 Å². The lowest BCUT2D eigenvalue weighted by Crippen LogP contribution is -2.32. The fraction of sp³-hybridized carbons (Fsp3) is 0.381. The van der Waals surface area contributed by atoms with E-state index in [1.807, 2.05) is 19.1 Å². The van der Waals surface area contributed by atoms with Crippen LogP contribution in [0.1, 0.15) is 30.9 Å². The summed E-state index contributed by atoms with van der Waals surface area (Å²) in [6.45, 7) is 2.75. The minimum absolute atomic E-state index is 0.0255. The van der Waals surface area contributed by atoms with Gasteiger partial charge < -0.3 is 5.32 Å². The van der Waals surface area contributed by atoms with E-state index in [4.69, 9.17) is 0 Å². The Bertz CT molecular complexity index is 585. The first-order valence-corrected chi connectivity index (χ1v) is 9.78. The molecule has 1 amide bonds. The Balaban J connectivity index is 1.53.